The number of nitrogens with zero attached hydrogens (tertiary/aromatic N) is 1. The van der Waals surface area contributed by atoms with Crippen LogP contribution in [0.5, 0.6) is 0 Å². The molecule has 2 rings (SSSR count). The van der Waals surface area contributed by atoms with Crippen LogP contribution in [0.15, 0.2) is 18.2 Å². The molecule has 25 heavy (non-hydrogen) atoms. The van der Waals surface area contributed by atoms with E-state index in [1.165, 1.54) is 17.1 Å². The summed E-state index contributed by atoms with van der Waals surface area (Å²) in [6, 6.07) is 6.17. The van der Waals surface area contributed by atoms with Gasteiger partial charge in [0.05, 0.1) is 0 Å². The van der Waals surface area contributed by atoms with Gasteiger partial charge in [0.1, 0.15) is 6.10 Å². The molecular formula is C20H32N2O2S. The van der Waals surface area contributed by atoms with Gasteiger partial charge in [-0.15, -0.1) is 0 Å². The van der Waals surface area contributed by atoms with Crippen LogP contribution in [0.25, 0.3) is 0 Å². The van der Waals surface area contributed by atoms with Gasteiger partial charge >= 0.3 is 0 Å². The second-order valence-electron chi connectivity index (χ2n) is 7.16. The highest BCUT2D eigenvalue weighted by Crippen LogP contribution is 2.22. The summed E-state index contributed by atoms with van der Waals surface area (Å²) in [5, 5.41) is 3.04. The molecule has 1 aromatic rings. The van der Waals surface area contributed by atoms with Crippen molar-refractivity contribution in [3.8, 4) is 0 Å². The van der Waals surface area contributed by atoms with E-state index in [-0.39, 0.29) is 5.91 Å². The number of thioether (sulfide) groups is 1. The lowest BCUT2D eigenvalue weighted by Gasteiger charge is -2.27. The smallest absolute Gasteiger partial charge is 0.253 e. The van der Waals surface area contributed by atoms with Crippen LogP contribution in [-0.2, 0) is 16.1 Å². The van der Waals surface area contributed by atoms with Gasteiger partial charge in [-0.2, -0.15) is 11.8 Å². The molecule has 1 heterocycles. The summed E-state index contributed by atoms with van der Waals surface area (Å²) >= 11 is 2.02. The van der Waals surface area contributed by atoms with E-state index in [1.807, 2.05) is 30.8 Å². The van der Waals surface area contributed by atoms with E-state index in [0.717, 1.165) is 37.3 Å². The van der Waals surface area contributed by atoms with Crippen molar-refractivity contribution in [1.29, 1.82) is 0 Å². The van der Waals surface area contributed by atoms with E-state index >= 15 is 0 Å². The summed E-state index contributed by atoms with van der Waals surface area (Å²) in [5.41, 5.74) is 3.34. The number of nitrogens with one attached hydrogen (secondary N) is 1. The first-order valence-electron chi connectivity index (χ1n) is 9.28. The van der Waals surface area contributed by atoms with Crippen LogP contribution in [0.3, 0.4) is 0 Å². The van der Waals surface area contributed by atoms with Crippen LogP contribution >= 0.6 is 11.8 Å². The van der Waals surface area contributed by atoms with Crippen LogP contribution in [0.1, 0.15) is 38.3 Å². The molecule has 1 unspecified atom stereocenters. The summed E-state index contributed by atoms with van der Waals surface area (Å²) in [6.07, 6.45) is 0.543. The van der Waals surface area contributed by atoms with Gasteiger partial charge in [0.2, 0.25) is 0 Å². The van der Waals surface area contributed by atoms with Crippen molar-refractivity contribution in [3.05, 3.63) is 29.3 Å². The lowest BCUT2D eigenvalue weighted by molar-refractivity contribution is -0.126. The van der Waals surface area contributed by atoms with Crippen molar-refractivity contribution in [2.24, 2.45) is 5.92 Å². The number of carbonyl (C=O) groups excluding carboxylic acids is 1. The quantitative estimate of drug-likeness (QED) is 0.759. The Morgan fingerprint density at radius 2 is 2.00 bits per heavy atom. The number of benzene rings is 1. The number of ether oxygens (including phenoxy) is 1. The Morgan fingerprint density at radius 3 is 2.68 bits per heavy atom. The monoisotopic (exact) mass is 364 g/mol. The zero-order valence-corrected chi connectivity index (χ0v) is 16.8. The molecule has 0 radical (unpaired) electrons. The molecule has 0 bridgehead atoms. The molecule has 5 heteroatoms. The van der Waals surface area contributed by atoms with Gasteiger partial charge in [0.15, 0.2) is 0 Å². The standard InChI is InChI=1S/C20H32N2O2S/c1-15(2)8-11-24-17(4)20(23)21-19-7-5-6-18(16(19)3)14-22-9-12-25-13-10-22/h5-7,15,17H,8-14H2,1-4H3,(H,21,23). The number of hydrogen-bond donors (Lipinski definition) is 1. The van der Waals surface area contributed by atoms with Crippen LogP contribution in [0.2, 0.25) is 0 Å². The minimum absolute atomic E-state index is 0.0709. The number of rotatable bonds is 8. The van der Waals surface area contributed by atoms with Crippen molar-refractivity contribution >= 4 is 23.4 Å². The molecule has 1 atom stereocenters. The minimum atomic E-state index is -0.430. The zero-order chi connectivity index (χ0) is 18.2. The van der Waals surface area contributed by atoms with Crippen LogP contribution in [-0.4, -0.2) is 48.1 Å². The third-order valence-electron chi connectivity index (χ3n) is 4.63. The van der Waals surface area contributed by atoms with E-state index in [0.29, 0.717) is 12.5 Å². The highest BCUT2D eigenvalue weighted by Gasteiger charge is 2.17. The topological polar surface area (TPSA) is 41.6 Å². The molecule has 0 aliphatic carbocycles. The highest BCUT2D eigenvalue weighted by molar-refractivity contribution is 7.99. The molecule has 0 aromatic heterocycles. The maximum Gasteiger partial charge on any atom is 0.253 e. The van der Waals surface area contributed by atoms with Crippen molar-refractivity contribution in [3.63, 3.8) is 0 Å². The van der Waals surface area contributed by atoms with Gasteiger partial charge in [-0.25, -0.2) is 0 Å². The Kier molecular flexibility index (Phi) is 8.27. The molecule has 1 aliphatic rings. The average Bonchev–Trinajstić information content (AvgIpc) is 2.59. The Balaban J connectivity index is 1.92. The normalized spacial score (nSPS) is 16.8. The maximum atomic E-state index is 12.4. The Labute approximate surface area is 156 Å². The number of carbonyl (C=O) groups is 1. The van der Waals surface area contributed by atoms with Gasteiger partial charge in [0, 0.05) is 43.4 Å². The zero-order valence-electron chi connectivity index (χ0n) is 16.0. The number of anilines is 1. The Bertz CT molecular complexity index is 557. The third-order valence-corrected chi connectivity index (χ3v) is 5.58. The summed E-state index contributed by atoms with van der Waals surface area (Å²) in [4.78, 5) is 14.9. The predicted molar refractivity (Wildman–Crippen MR) is 107 cm³/mol. The minimum Gasteiger partial charge on any atom is -0.369 e. The fourth-order valence-electron chi connectivity index (χ4n) is 2.78. The van der Waals surface area contributed by atoms with E-state index in [9.17, 15) is 4.79 Å². The van der Waals surface area contributed by atoms with Crippen molar-refractivity contribution in [2.75, 3.05) is 36.5 Å². The highest BCUT2D eigenvalue weighted by atomic mass is 32.2. The molecule has 0 saturated carbocycles. The fourth-order valence-corrected chi connectivity index (χ4v) is 3.76. The van der Waals surface area contributed by atoms with Crippen molar-refractivity contribution in [1.82, 2.24) is 4.90 Å². The number of amides is 1. The Morgan fingerprint density at radius 1 is 1.28 bits per heavy atom. The van der Waals surface area contributed by atoms with E-state index < -0.39 is 6.10 Å². The molecule has 1 aromatic carbocycles. The van der Waals surface area contributed by atoms with E-state index in [4.69, 9.17) is 4.74 Å². The lowest BCUT2D eigenvalue weighted by atomic mass is 10.1. The van der Waals surface area contributed by atoms with Crippen LogP contribution in [0.4, 0.5) is 5.69 Å². The fraction of sp³-hybridized carbons (Fsp3) is 0.650. The first-order chi connectivity index (χ1) is 12.0. The SMILES string of the molecule is Cc1c(CN2CCSCC2)cccc1NC(=O)C(C)OCCC(C)C. The third kappa shape index (κ3) is 6.65. The molecule has 0 spiro atoms. The average molecular weight is 365 g/mol. The van der Waals surface area contributed by atoms with Crippen molar-refractivity contribution < 1.29 is 9.53 Å². The largest absolute Gasteiger partial charge is 0.369 e. The van der Waals surface area contributed by atoms with E-state index in [1.54, 1.807) is 0 Å². The predicted octanol–water partition coefficient (Wildman–Crippen LogP) is 3.93. The summed E-state index contributed by atoms with van der Waals surface area (Å²) in [7, 11) is 0. The van der Waals surface area contributed by atoms with Gasteiger partial charge < -0.3 is 10.1 Å². The lowest BCUT2D eigenvalue weighted by Crippen LogP contribution is -2.32. The van der Waals surface area contributed by atoms with Crippen LogP contribution in [0, 0.1) is 12.8 Å². The summed E-state index contributed by atoms with van der Waals surface area (Å²) in [5.74, 6) is 2.93. The summed E-state index contributed by atoms with van der Waals surface area (Å²) in [6.45, 7) is 12.1. The van der Waals surface area contributed by atoms with Gasteiger partial charge in [-0.3, -0.25) is 9.69 Å². The first-order valence-corrected chi connectivity index (χ1v) is 10.4. The van der Waals surface area contributed by atoms with Gasteiger partial charge in [0.25, 0.3) is 5.91 Å². The van der Waals surface area contributed by atoms with Gasteiger partial charge in [-0.05, 0) is 43.4 Å². The molecule has 1 amide bonds. The summed E-state index contributed by atoms with van der Waals surface area (Å²) < 4.78 is 5.66. The first kappa shape index (κ1) is 20.3. The van der Waals surface area contributed by atoms with Gasteiger partial charge in [-0.1, -0.05) is 26.0 Å². The molecular weight excluding hydrogens is 332 g/mol. The molecule has 1 fully saturated rings. The maximum absolute atomic E-state index is 12.4. The second kappa shape index (κ2) is 10.2. The molecule has 140 valence electrons. The van der Waals surface area contributed by atoms with E-state index in [2.05, 4.69) is 37.1 Å². The molecule has 1 aliphatic heterocycles. The second-order valence-corrected chi connectivity index (χ2v) is 8.39. The molecule has 4 nitrogen and oxygen atoms in total. The van der Waals surface area contributed by atoms with Crippen LogP contribution < -0.4 is 5.32 Å². The Hall–Kier alpha value is -1.04. The number of hydrogen-bond acceptors (Lipinski definition) is 4. The molecule has 1 saturated heterocycles. The molecule has 1 N–H and O–H groups in total. The van der Waals surface area contributed by atoms with Crippen molar-refractivity contribution in [2.45, 2.75) is 46.8 Å².